The largest absolute Gasteiger partial charge is 0.462 e. The van der Waals surface area contributed by atoms with E-state index in [9.17, 15) is 20.1 Å². The van der Waals surface area contributed by atoms with Gasteiger partial charge in [-0.2, -0.15) is 10.5 Å². The number of carbonyl (C=O) groups is 2. The van der Waals surface area contributed by atoms with Gasteiger partial charge in [-0.15, -0.1) is 0 Å². The highest BCUT2D eigenvalue weighted by Gasteiger charge is 2.60. The first-order valence-corrected chi connectivity index (χ1v) is 12.6. The van der Waals surface area contributed by atoms with Crippen molar-refractivity contribution in [3.05, 3.63) is 99.8 Å². The molecule has 1 aromatic heterocycles. The van der Waals surface area contributed by atoms with Crippen molar-refractivity contribution in [3.63, 3.8) is 0 Å². The lowest BCUT2D eigenvalue weighted by Gasteiger charge is -2.47. The molecule has 0 amide bonds. The first-order chi connectivity index (χ1) is 19.5. The van der Waals surface area contributed by atoms with Gasteiger partial charge < -0.3 is 19.1 Å². The van der Waals surface area contributed by atoms with Crippen molar-refractivity contribution in [2.75, 3.05) is 13.2 Å². The van der Waals surface area contributed by atoms with Crippen LogP contribution in [0.1, 0.15) is 53.8 Å². The van der Waals surface area contributed by atoms with Crippen molar-refractivity contribution < 1.29 is 23.8 Å². The van der Waals surface area contributed by atoms with E-state index >= 15 is 0 Å². The van der Waals surface area contributed by atoms with Gasteiger partial charge in [0, 0.05) is 22.9 Å². The van der Waals surface area contributed by atoms with Gasteiger partial charge in [0.25, 0.3) is 0 Å². The van der Waals surface area contributed by atoms with Crippen LogP contribution in [0.2, 0.25) is 0 Å². The van der Waals surface area contributed by atoms with Crippen LogP contribution >= 0.6 is 0 Å². The molecule has 0 bridgehead atoms. The van der Waals surface area contributed by atoms with Crippen LogP contribution in [0.3, 0.4) is 0 Å². The quantitative estimate of drug-likeness (QED) is 0.456. The predicted octanol–water partition coefficient (Wildman–Crippen LogP) is 3.84. The van der Waals surface area contributed by atoms with E-state index in [1.54, 1.807) is 49.2 Å². The Bertz CT molecular complexity index is 1750. The molecule has 0 fully saturated rings. The molecule has 10 heteroatoms. The topological polar surface area (TPSA) is 138 Å². The minimum absolute atomic E-state index is 0.0214. The summed E-state index contributed by atoms with van der Waals surface area (Å²) in [7, 11) is 0. The van der Waals surface area contributed by atoms with Gasteiger partial charge in [-0.1, -0.05) is 48.5 Å². The Balaban J connectivity index is 1.78. The second kappa shape index (κ2) is 9.45. The van der Waals surface area contributed by atoms with Gasteiger partial charge in [0.1, 0.15) is 29.1 Å². The summed E-state index contributed by atoms with van der Waals surface area (Å²) >= 11 is 0. The van der Waals surface area contributed by atoms with E-state index < -0.39 is 23.8 Å². The van der Waals surface area contributed by atoms with Crippen molar-refractivity contribution in [3.8, 4) is 23.4 Å². The third-order valence-corrected chi connectivity index (χ3v) is 7.02. The Morgan fingerprint density at radius 2 is 1.65 bits per heavy atom. The average molecular weight is 532 g/mol. The van der Waals surface area contributed by atoms with Crippen molar-refractivity contribution in [1.82, 2.24) is 14.9 Å². The molecule has 2 atom stereocenters. The molecule has 0 saturated carbocycles. The molecule has 0 radical (unpaired) electrons. The zero-order valence-corrected chi connectivity index (χ0v) is 21.5. The highest BCUT2D eigenvalue weighted by Crippen LogP contribution is 2.58. The number of hydrogen-bond acceptors (Lipinski definition) is 10. The van der Waals surface area contributed by atoms with E-state index in [0.717, 1.165) is 11.1 Å². The first-order valence-electron chi connectivity index (χ1n) is 12.6. The fourth-order valence-electron chi connectivity index (χ4n) is 5.48. The molecule has 1 aliphatic carbocycles. The first kappa shape index (κ1) is 25.0. The molecule has 3 aromatic rings. The molecule has 10 nitrogen and oxygen atoms in total. The van der Waals surface area contributed by atoms with Crippen LogP contribution < -0.4 is 0 Å². The van der Waals surface area contributed by atoms with Gasteiger partial charge in [-0.05, 0) is 25.5 Å². The van der Waals surface area contributed by atoms with E-state index in [-0.39, 0.29) is 47.3 Å². The van der Waals surface area contributed by atoms with Crippen LogP contribution in [0.25, 0.3) is 17.3 Å². The summed E-state index contributed by atoms with van der Waals surface area (Å²) in [4.78, 5) is 38.2. The molecule has 3 heterocycles. The molecule has 3 aliphatic rings. The Morgan fingerprint density at radius 3 is 2.40 bits per heavy atom. The summed E-state index contributed by atoms with van der Waals surface area (Å²) < 4.78 is 17.9. The summed E-state index contributed by atoms with van der Waals surface area (Å²) in [5.74, 6) is -1.57. The van der Waals surface area contributed by atoms with Crippen LogP contribution in [0.5, 0.6) is 0 Å². The SMILES string of the molecule is CCOC(=O)C1=C(C(=O)OCC)C2(OC3c4ccccc4C=CN13)c1ccccc1-c1nc(C#N)c(C#N)nc12. The smallest absolute Gasteiger partial charge is 0.355 e. The Kier molecular flexibility index (Phi) is 5.91. The summed E-state index contributed by atoms with van der Waals surface area (Å²) in [6, 6.07) is 18.4. The maximum absolute atomic E-state index is 13.9. The van der Waals surface area contributed by atoms with E-state index in [0.29, 0.717) is 11.1 Å². The highest BCUT2D eigenvalue weighted by atomic mass is 16.6. The standard InChI is InChI=1S/C30H21N5O5/c1-3-38-28(36)23-25(29(37)39-4-2)35-14-13-17-9-5-6-10-18(17)27(35)40-30(23)20-12-8-7-11-19(20)24-26(30)34-22(16-32)21(15-31)33-24/h5-14,27H,3-4H2,1-2H3. The monoisotopic (exact) mass is 531 g/mol. The van der Waals surface area contributed by atoms with E-state index in [1.807, 2.05) is 42.5 Å². The number of hydrogen-bond donors (Lipinski definition) is 0. The minimum Gasteiger partial charge on any atom is -0.462 e. The number of aromatic nitrogens is 2. The predicted molar refractivity (Wildman–Crippen MR) is 139 cm³/mol. The number of carbonyl (C=O) groups excluding carboxylic acids is 2. The summed E-state index contributed by atoms with van der Waals surface area (Å²) in [5, 5.41) is 19.5. The number of nitrogens with zero attached hydrogens (tertiary/aromatic N) is 5. The molecule has 196 valence electrons. The maximum Gasteiger partial charge on any atom is 0.355 e. The molecule has 6 rings (SSSR count). The zero-order chi connectivity index (χ0) is 28.0. The number of benzene rings is 2. The number of fused-ring (bicyclic) bond motifs is 8. The molecular formula is C30H21N5O5. The number of esters is 2. The van der Waals surface area contributed by atoms with Gasteiger partial charge in [0.15, 0.2) is 23.2 Å². The lowest BCUT2D eigenvalue weighted by atomic mass is 9.82. The van der Waals surface area contributed by atoms with Gasteiger partial charge in [0.05, 0.1) is 18.9 Å². The van der Waals surface area contributed by atoms with E-state index in [1.165, 1.54) is 0 Å². The van der Waals surface area contributed by atoms with Crippen LogP contribution in [0.15, 0.2) is 66.0 Å². The van der Waals surface area contributed by atoms with Gasteiger partial charge in [0.2, 0.25) is 0 Å². The van der Waals surface area contributed by atoms with Gasteiger partial charge >= 0.3 is 11.9 Å². The van der Waals surface area contributed by atoms with Crippen LogP contribution in [0.4, 0.5) is 0 Å². The van der Waals surface area contributed by atoms with Crippen molar-refractivity contribution >= 4 is 18.0 Å². The second-order valence-corrected chi connectivity index (χ2v) is 9.06. The lowest BCUT2D eigenvalue weighted by molar-refractivity contribution is -0.163. The van der Waals surface area contributed by atoms with E-state index in [2.05, 4.69) is 9.97 Å². The molecule has 1 spiro atoms. The van der Waals surface area contributed by atoms with Crippen LogP contribution in [0, 0.1) is 22.7 Å². The molecule has 2 unspecified atom stereocenters. The third-order valence-electron chi connectivity index (χ3n) is 7.02. The van der Waals surface area contributed by atoms with Crippen LogP contribution in [-0.4, -0.2) is 40.0 Å². The molecule has 0 saturated heterocycles. The molecule has 40 heavy (non-hydrogen) atoms. The normalized spacial score (nSPS) is 19.6. The molecule has 0 N–H and O–H groups in total. The number of ether oxygens (including phenoxy) is 3. The fourth-order valence-corrected chi connectivity index (χ4v) is 5.48. The third kappa shape index (κ3) is 3.37. The maximum atomic E-state index is 13.9. The number of nitriles is 2. The van der Waals surface area contributed by atoms with E-state index in [4.69, 9.17) is 14.2 Å². The van der Waals surface area contributed by atoms with Crippen molar-refractivity contribution in [2.45, 2.75) is 25.7 Å². The second-order valence-electron chi connectivity index (χ2n) is 9.06. The lowest BCUT2D eigenvalue weighted by Crippen LogP contribution is -2.50. The summed E-state index contributed by atoms with van der Waals surface area (Å²) in [6.07, 6.45) is 2.59. The number of rotatable bonds is 4. The summed E-state index contributed by atoms with van der Waals surface area (Å²) in [6.45, 7) is 3.41. The molecule has 2 aliphatic heterocycles. The molecule has 2 aromatic carbocycles. The van der Waals surface area contributed by atoms with Gasteiger partial charge in [-0.25, -0.2) is 19.6 Å². The highest BCUT2D eigenvalue weighted by molar-refractivity contribution is 6.04. The van der Waals surface area contributed by atoms with Crippen LogP contribution in [-0.2, 0) is 29.4 Å². The Labute approximate surface area is 229 Å². The zero-order valence-electron chi connectivity index (χ0n) is 21.5. The van der Waals surface area contributed by atoms with Gasteiger partial charge in [-0.3, -0.25) is 0 Å². The Hall–Kier alpha value is -5.32. The van der Waals surface area contributed by atoms with Crippen molar-refractivity contribution in [2.24, 2.45) is 0 Å². The fraction of sp³-hybridized carbons (Fsp3) is 0.200. The Morgan fingerprint density at radius 1 is 0.975 bits per heavy atom. The molecular weight excluding hydrogens is 510 g/mol. The average Bonchev–Trinajstić information content (AvgIpc) is 3.24. The van der Waals surface area contributed by atoms with Crippen molar-refractivity contribution in [1.29, 1.82) is 10.5 Å². The summed E-state index contributed by atoms with van der Waals surface area (Å²) in [5.41, 5.74) is 0.560. The minimum atomic E-state index is -1.81.